The van der Waals surface area contributed by atoms with Gasteiger partial charge >= 0.3 is 0 Å². The lowest BCUT2D eigenvalue weighted by molar-refractivity contribution is 0.413. The third-order valence-corrected chi connectivity index (χ3v) is 7.22. The first-order chi connectivity index (χ1) is 19.1. The molecule has 1 aliphatic heterocycles. The molecule has 1 fully saturated rings. The van der Waals surface area contributed by atoms with Crippen LogP contribution in [0.15, 0.2) is 116 Å². The van der Waals surface area contributed by atoms with Crippen LogP contribution in [0.2, 0.25) is 0 Å². The van der Waals surface area contributed by atoms with Gasteiger partial charge in [-0.3, -0.25) is 4.98 Å². The Labute approximate surface area is 233 Å². The molecule has 2 atom stereocenters. The molecule has 3 heterocycles. The van der Waals surface area contributed by atoms with Crippen molar-refractivity contribution >= 4 is 23.0 Å². The maximum absolute atomic E-state index is 6.06. The fourth-order valence-corrected chi connectivity index (χ4v) is 5.31. The monoisotopic (exact) mass is 532 g/mol. The maximum Gasteiger partial charge on any atom is 0.174 e. The number of hydrogen-bond acceptors (Lipinski definition) is 4. The summed E-state index contributed by atoms with van der Waals surface area (Å²) in [4.78, 5) is 6.86. The fraction of sp³-hybridized carbons (Fsp3) is 0.125. The molecule has 0 radical (unpaired) electrons. The number of rotatable bonds is 7. The molecule has 1 saturated heterocycles. The second-order valence-electron chi connectivity index (χ2n) is 9.41. The highest BCUT2D eigenvalue weighted by Crippen LogP contribution is 2.42. The number of anilines is 1. The SMILES string of the molecule is COc1ccc(Oc2ccc(N3C(=S)N[C@H](c4ccccn4)[C@@H]3c3cccn3-c3ccc(C)cc3)cc2)cc1. The van der Waals surface area contributed by atoms with Gasteiger partial charge in [0, 0.05) is 29.5 Å². The summed E-state index contributed by atoms with van der Waals surface area (Å²) in [6.07, 6.45) is 3.92. The number of methoxy groups -OCH3 is 1. The van der Waals surface area contributed by atoms with E-state index in [-0.39, 0.29) is 12.1 Å². The number of hydrogen-bond donors (Lipinski definition) is 1. The van der Waals surface area contributed by atoms with Crippen LogP contribution in [-0.4, -0.2) is 21.8 Å². The summed E-state index contributed by atoms with van der Waals surface area (Å²) >= 11 is 5.92. The zero-order valence-corrected chi connectivity index (χ0v) is 22.5. The lowest BCUT2D eigenvalue weighted by Crippen LogP contribution is -2.30. The summed E-state index contributed by atoms with van der Waals surface area (Å²) in [5, 5.41) is 4.20. The molecule has 0 aliphatic carbocycles. The van der Waals surface area contributed by atoms with Crippen LogP contribution < -0.4 is 19.7 Å². The molecule has 7 heteroatoms. The van der Waals surface area contributed by atoms with Gasteiger partial charge in [0.05, 0.1) is 18.8 Å². The summed E-state index contributed by atoms with van der Waals surface area (Å²) in [7, 11) is 1.65. The second-order valence-corrected chi connectivity index (χ2v) is 9.79. The number of pyridine rings is 1. The number of aromatic nitrogens is 2. The van der Waals surface area contributed by atoms with Crippen LogP contribution in [-0.2, 0) is 0 Å². The third kappa shape index (κ3) is 4.96. The number of benzene rings is 3. The van der Waals surface area contributed by atoms with Gasteiger partial charge in [0.1, 0.15) is 23.3 Å². The second kappa shape index (κ2) is 10.6. The molecule has 194 valence electrons. The highest BCUT2D eigenvalue weighted by atomic mass is 32.1. The average molecular weight is 533 g/mol. The van der Waals surface area contributed by atoms with Gasteiger partial charge in [-0.2, -0.15) is 0 Å². The van der Waals surface area contributed by atoms with Crippen LogP contribution in [0.4, 0.5) is 5.69 Å². The Morgan fingerprint density at radius 1 is 0.769 bits per heavy atom. The van der Waals surface area contributed by atoms with Gasteiger partial charge in [-0.05, 0) is 104 Å². The van der Waals surface area contributed by atoms with Gasteiger partial charge in [0.2, 0.25) is 0 Å². The quantitative estimate of drug-likeness (QED) is 0.225. The minimum atomic E-state index is -0.131. The van der Waals surface area contributed by atoms with Gasteiger partial charge in [0.25, 0.3) is 0 Å². The molecule has 3 aromatic carbocycles. The van der Waals surface area contributed by atoms with Crippen LogP contribution in [0.5, 0.6) is 17.2 Å². The van der Waals surface area contributed by atoms with Crippen molar-refractivity contribution < 1.29 is 9.47 Å². The predicted molar refractivity (Wildman–Crippen MR) is 158 cm³/mol. The Morgan fingerprint density at radius 3 is 2.10 bits per heavy atom. The lowest BCUT2D eigenvalue weighted by Gasteiger charge is -2.29. The van der Waals surface area contributed by atoms with E-state index >= 15 is 0 Å². The summed E-state index contributed by atoms with van der Waals surface area (Å²) in [5.74, 6) is 2.27. The minimum absolute atomic E-state index is 0.128. The zero-order chi connectivity index (χ0) is 26.8. The van der Waals surface area contributed by atoms with E-state index < -0.39 is 0 Å². The van der Waals surface area contributed by atoms with Gasteiger partial charge in [-0.25, -0.2) is 0 Å². The molecule has 1 aliphatic rings. The summed E-state index contributed by atoms with van der Waals surface area (Å²) in [6, 6.07) is 34.1. The molecule has 0 saturated carbocycles. The highest BCUT2D eigenvalue weighted by Gasteiger charge is 2.42. The number of nitrogens with zero attached hydrogens (tertiary/aromatic N) is 3. The fourth-order valence-electron chi connectivity index (χ4n) is 4.96. The van der Waals surface area contributed by atoms with Gasteiger partial charge in [0.15, 0.2) is 5.11 Å². The molecule has 6 rings (SSSR count). The van der Waals surface area contributed by atoms with E-state index in [1.165, 1.54) is 5.56 Å². The van der Waals surface area contributed by atoms with Crippen molar-refractivity contribution in [3.63, 3.8) is 0 Å². The highest BCUT2D eigenvalue weighted by molar-refractivity contribution is 7.80. The Balaban J connectivity index is 1.36. The van der Waals surface area contributed by atoms with Crippen molar-refractivity contribution in [2.24, 2.45) is 0 Å². The number of thiocarbonyl (C=S) groups is 1. The smallest absolute Gasteiger partial charge is 0.174 e. The molecular formula is C32H28N4O2S. The molecule has 1 N–H and O–H groups in total. The van der Waals surface area contributed by atoms with E-state index in [2.05, 4.69) is 69.3 Å². The number of nitrogens with one attached hydrogen (secondary N) is 1. The summed E-state index contributed by atoms with van der Waals surface area (Å²) in [6.45, 7) is 2.10. The molecule has 5 aromatic rings. The maximum atomic E-state index is 6.06. The first kappa shape index (κ1) is 24.7. The number of ether oxygens (including phenoxy) is 2. The zero-order valence-electron chi connectivity index (χ0n) is 21.7. The van der Waals surface area contributed by atoms with Crippen LogP contribution >= 0.6 is 12.2 Å². The third-order valence-electron chi connectivity index (χ3n) is 6.90. The lowest BCUT2D eigenvalue weighted by atomic mass is 10.0. The Hall–Kier alpha value is -4.62. The predicted octanol–water partition coefficient (Wildman–Crippen LogP) is 7.16. The van der Waals surface area contributed by atoms with Crippen LogP contribution in [0.25, 0.3) is 5.69 Å². The first-order valence-corrected chi connectivity index (χ1v) is 13.2. The minimum Gasteiger partial charge on any atom is -0.497 e. The molecule has 0 unspecified atom stereocenters. The molecular weight excluding hydrogens is 504 g/mol. The standard InChI is InChI=1S/C32H28N4O2S/c1-22-8-10-23(11-9-22)35-21-5-7-29(35)31-30(28-6-3-4-20-33-28)34-32(39)36(31)24-12-14-26(15-13-24)38-27-18-16-25(37-2)17-19-27/h3-21,30-31H,1-2H3,(H,34,39)/t30-,31+/m1/s1. The molecule has 2 aromatic heterocycles. The summed E-state index contributed by atoms with van der Waals surface area (Å²) in [5.41, 5.74) is 5.33. The van der Waals surface area contributed by atoms with Crippen LogP contribution in [0.1, 0.15) is 29.0 Å². The van der Waals surface area contributed by atoms with Crippen molar-refractivity contribution in [2.75, 3.05) is 12.0 Å². The van der Waals surface area contributed by atoms with E-state index in [0.717, 1.165) is 40.0 Å². The summed E-state index contributed by atoms with van der Waals surface area (Å²) < 4.78 is 13.5. The normalized spacial score (nSPS) is 16.7. The molecule has 6 nitrogen and oxygen atoms in total. The molecule has 0 bridgehead atoms. The van der Waals surface area contributed by atoms with Crippen molar-refractivity contribution in [3.8, 4) is 22.9 Å². The van der Waals surface area contributed by atoms with Crippen LogP contribution in [0.3, 0.4) is 0 Å². The molecule has 0 spiro atoms. The van der Waals surface area contributed by atoms with Crippen LogP contribution in [0, 0.1) is 6.92 Å². The molecule has 39 heavy (non-hydrogen) atoms. The van der Waals surface area contributed by atoms with E-state index in [9.17, 15) is 0 Å². The van der Waals surface area contributed by atoms with E-state index in [4.69, 9.17) is 21.7 Å². The van der Waals surface area contributed by atoms with Gasteiger partial charge in [-0.15, -0.1) is 0 Å². The van der Waals surface area contributed by atoms with Crippen molar-refractivity contribution in [1.82, 2.24) is 14.9 Å². The molecule has 0 amide bonds. The largest absolute Gasteiger partial charge is 0.497 e. The van der Waals surface area contributed by atoms with Gasteiger partial charge in [-0.1, -0.05) is 23.8 Å². The van der Waals surface area contributed by atoms with Crippen molar-refractivity contribution in [1.29, 1.82) is 0 Å². The van der Waals surface area contributed by atoms with Gasteiger partial charge < -0.3 is 24.3 Å². The first-order valence-electron chi connectivity index (χ1n) is 12.8. The topological polar surface area (TPSA) is 51.6 Å². The van der Waals surface area contributed by atoms with Crippen molar-refractivity contribution in [3.05, 3.63) is 132 Å². The Kier molecular flexibility index (Phi) is 6.73. The van der Waals surface area contributed by atoms with E-state index in [0.29, 0.717) is 5.11 Å². The average Bonchev–Trinajstić information content (AvgIpc) is 3.59. The Morgan fingerprint density at radius 2 is 1.44 bits per heavy atom. The van der Waals surface area contributed by atoms with E-state index in [1.54, 1.807) is 7.11 Å². The number of aryl methyl sites for hydroxylation is 1. The van der Waals surface area contributed by atoms with Crippen molar-refractivity contribution in [2.45, 2.75) is 19.0 Å². The van der Waals surface area contributed by atoms with E-state index in [1.807, 2.05) is 72.9 Å². The Bertz CT molecular complexity index is 1570.